The molecule has 0 amide bonds. The summed E-state index contributed by atoms with van der Waals surface area (Å²) in [5.41, 5.74) is 4.84. The normalized spacial score (nSPS) is 22.8. The number of carboxylic acid groups (broad SMARTS) is 1. The number of hydrogen-bond donors (Lipinski definition) is 1. The highest BCUT2D eigenvalue weighted by molar-refractivity contribution is 7.10. The molecule has 2 heterocycles. The van der Waals surface area contributed by atoms with Crippen molar-refractivity contribution in [2.75, 3.05) is 20.1 Å². The fraction of sp³-hybridized carbons (Fsp3) is 0.565. The first-order chi connectivity index (χ1) is 14.0. The molecule has 0 radical (unpaired) electrons. The Morgan fingerprint density at radius 1 is 1.21 bits per heavy atom. The van der Waals surface area contributed by atoms with Gasteiger partial charge in [0.1, 0.15) is 0 Å². The van der Waals surface area contributed by atoms with Gasteiger partial charge >= 0.3 is 5.97 Å². The van der Waals surface area contributed by atoms with Crippen LogP contribution in [0.5, 0.6) is 0 Å². The van der Waals surface area contributed by atoms with Crippen LogP contribution in [0, 0.1) is 5.92 Å². The van der Waals surface area contributed by atoms with E-state index in [0.717, 1.165) is 74.3 Å². The van der Waals surface area contributed by atoms with Crippen LogP contribution in [0.2, 0.25) is 5.02 Å². The van der Waals surface area contributed by atoms with Crippen LogP contribution in [0.25, 0.3) is 11.3 Å². The first-order valence-corrected chi connectivity index (χ1v) is 11.9. The summed E-state index contributed by atoms with van der Waals surface area (Å²) in [5.74, 6) is 0.378. The Hall–Kier alpha value is -1.43. The van der Waals surface area contributed by atoms with E-state index in [1.807, 2.05) is 0 Å². The van der Waals surface area contributed by atoms with Gasteiger partial charge in [0.2, 0.25) is 0 Å². The summed E-state index contributed by atoms with van der Waals surface area (Å²) in [7, 11) is 2.18. The minimum Gasteiger partial charge on any atom is -0.481 e. The number of thiazole rings is 1. The zero-order chi connectivity index (χ0) is 20.4. The minimum absolute atomic E-state index is 0.295. The molecule has 1 saturated carbocycles. The van der Waals surface area contributed by atoms with E-state index >= 15 is 0 Å². The van der Waals surface area contributed by atoms with Gasteiger partial charge in [0.25, 0.3) is 0 Å². The number of nitrogens with zero attached hydrogens (tertiary/aromatic N) is 2. The fourth-order valence-electron chi connectivity index (χ4n) is 4.68. The number of hydrogen-bond acceptors (Lipinski definition) is 4. The number of rotatable bonds is 5. The Labute approximate surface area is 181 Å². The zero-order valence-electron chi connectivity index (χ0n) is 17.0. The van der Waals surface area contributed by atoms with Crippen LogP contribution < -0.4 is 0 Å². The first-order valence-electron chi connectivity index (χ1n) is 10.7. The molecule has 0 saturated heterocycles. The molecule has 4 nitrogen and oxygen atoms in total. The maximum Gasteiger partial charge on any atom is 0.303 e. The van der Waals surface area contributed by atoms with Crippen molar-refractivity contribution in [3.05, 3.63) is 38.7 Å². The van der Waals surface area contributed by atoms with E-state index in [9.17, 15) is 4.79 Å². The maximum atomic E-state index is 10.8. The third-order valence-corrected chi connectivity index (χ3v) is 7.90. The molecule has 0 atom stereocenters. The van der Waals surface area contributed by atoms with E-state index in [4.69, 9.17) is 21.7 Å². The van der Waals surface area contributed by atoms with Crippen LogP contribution in [-0.4, -0.2) is 41.1 Å². The lowest BCUT2D eigenvalue weighted by atomic mass is 9.80. The van der Waals surface area contributed by atoms with Gasteiger partial charge in [-0.05, 0) is 81.2 Å². The average molecular weight is 433 g/mol. The third kappa shape index (κ3) is 5.01. The Balaban J connectivity index is 1.45. The summed E-state index contributed by atoms with van der Waals surface area (Å²) >= 11 is 8.41. The Kier molecular flexibility index (Phi) is 6.57. The Morgan fingerprint density at radius 2 is 1.90 bits per heavy atom. The number of likely N-dealkylation sites (N-methyl/N-ethyl adjacent to an activating group) is 1. The van der Waals surface area contributed by atoms with E-state index in [1.54, 1.807) is 11.3 Å². The second kappa shape index (κ2) is 9.15. The number of carbonyl (C=O) groups is 1. The third-order valence-electron chi connectivity index (χ3n) is 6.58. The van der Waals surface area contributed by atoms with Crippen LogP contribution in [0.15, 0.2) is 17.5 Å². The Bertz CT molecular complexity index is 874. The van der Waals surface area contributed by atoms with Gasteiger partial charge in [0.15, 0.2) is 0 Å². The molecule has 1 aromatic carbocycles. The van der Waals surface area contributed by atoms with Crippen LogP contribution in [0.4, 0.5) is 0 Å². The predicted octanol–water partition coefficient (Wildman–Crippen LogP) is 5.63. The molecule has 0 unspecified atom stereocenters. The topological polar surface area (TPSA) is 53.4 Å². The molecule has 1 fully saturated rings. The van der Waals surface area contributed by atoms with E-state index in [1.165, 1.54) is 16.1 Å². The first kappa shape index (κ1) is 20.8. The number of carboxylic acids is 1. The van der Waals surface area contributed by atoms with Gasteiger partial charge in [0, 0.05) is 36.4 Å². The van der Waals surface area contributed by atoms with E-state index in [-0.39, 0.29) is 0 Å². The molecule has 0 spiro atoms. The highest BCUT2D eigenvalue weighted by atomic mass is 35.5. The van der Waals surface area contributed by atoms with Crippen LogP contribution in [-0.2, 0) is 17.6 Å². The van der Waals surface area contributed by atoms with Crippen molar-refractivity contribution in [2.24, 2.45) is 5.92 Å². The maximum absolute atomic E-state index is 10.8. The molecule has 156 valence electrons. The molecule has 1 aromatic heterocycles. The molecule has 0 bridgehead atoms. The van der Waals surface area contributed by atoms with Crippen molar-refractivity contribution in [1.82, 2.24) is 9.88 Å². The van der Waals surface area contributed by atoms with Crippen LogP contribution >= 0.6 is 22.9 Å². The van der Waals surface area contributed by atoms with E-state index < -0.39 is 5.97 Å². The van der Waals surface area contributed by atoms with Crippen molar-refractivity contribution in [3.63, 3.8) is 0 Å². The smallest absolute Gasteiger partial charge is 0.303 e. The molecule has 29 heavy (non-hydrogen) atoms. The second-order valence-electron chi connectivity index (χ2n) is 8.63. The summed E-state index contributed by atoms with van der Waals surface area (Å²) in [6.45, 7) is 2.17. The summed E-state index contributed by atoms with van der Waals surface area (Å²) in [6, 6.07) is 4.41. The standard InChI is InChI=1S/C23H29ClN2O2S/c1-26-10-8-17-12-19(20(24)13-18(17)9-11-26)21-14-29-23(25-21)16-5-2-15(3-6-16)4-7-22(27)28/h12-16H,2-11H2,1H3,(H,27,28)/t15-,16-. The van der Waals surface area contributed by atoms with E-state index in [2.05, 4.69) is 29.5 Å². The lowest BCUT2D eigenvalue weighted by Gasteiger charge is -2.26. The molecular weight excluding hydrogens is 404 g/mol. The summed E-state index contributed by atoms with van der Waals surface area (Å²) in [6.07, 6.45) is 7.67. The van der Waals surface area contributed by atoms with Crippen molar-refractivity contribution in [3.8, 4) is 11.3 Å². The highest BCUT2D eigenvalue weighted by Crippen LogP contribution is 2.40. The molecule has 6 heteroatoms. The second-order valence-corrected chi connectivity index (χ2v) is 9.92. The van der Waals surface area contributed by atoms with Crippen molar-refractivity contribution >= 4 is 28.9 Å². The van der Waals surface area contributed by atoms with Gasteiger partial charge in [-0.15, -0.1) is 11.3 Å². The number of halogens is 1. The molecule has 2 aliphatic rings. The molecule has 2 aromatic rings. The van der Waals surface area contributed by atoms with Crippen LogP contribution in [0.3, 0.4) is 0 Å². The quantitative estimate of drug-likeness (QED) is 0.664. The SMILES string of the molecule is CN1CCc2cc(Cl)c(-c3csc([C@H]4CC[C@H](CCC(=O)O)CC4)n3)cc2CC1. The van der Waals surface area contributed by atoms with Gasteiger partial charge in [-0.1, -0.05) is 11.6 Å². The van der Waals surface area contributed by atoms with Crippen molar-refractivity contribution in [2.45, 2.75) is 57.3 Å². The Morgan fingerprint density at radius 3 is 2.59 bits per heavy atom. The van der Waals surface area contributed by atoms with Gasteiger partial charge in [0.05, 0.1) is 15.7 Å². The fourth-order valence-corrected chi connectivity index (χ4v) is 5.95. The van der Waals surface area contributed by atoms with E-state index in [0.29, 0.717) is 18.3 Å². The summed E-state index contributed by atoms with van der Waals surface area (Å²) in [4.78, 5) is 18.2. The average Bonchev–Trinajstić information content (AvgIpc) is 3.12. The monoisotopic (exact) mass is 432 g/mol. The van der Waals surface area contributed by atoms with Gasteiger partial charge in [-0.25, -0.2) is 4.98 Å². The van der Waals surface area contributed by atoms with Gasteiger partial charge in [-0.2, -0.15) is 0 Å². The zero-order valence-corrected chi connectivity index (χ0v) is 18.6. The summed E-state index contributed by atoms with van der Waals surface area (Å²) in [5, 5.41) is 13.1. The van der Waals surface area contributed by atoms with Gasteiger partial charge < -0.3 is 10.0 Å². The van der Waals surface area contributed by atoms with Gasteiger partial charge in [-0.3, -0.25) is 4.79 Å². The number of aliphatic carboxylic acids is 1. The molecule has 1 N–H and O–H groups in total. The number of fused-ring (bicyclic) bond motifs is 1. The van der Waals surface area contributed by atoms with Crippen molar-refractivity contribution < 1.29 is 9.90 Å². The number of aromatic nitrogens is 1. The largest absolute Gasteiger partial charge is 0.481 e. The minimum atomic E-state index is -0.680. The summed E-state index contributed by atoms with van der Waals surface area (Å²) < 4.78 is 0. The highest BCUT2D eigenvalue weighted by Gasteiger charge is 2.25. The number of benzene rings is 1. The molecule has 1 aliphatic heterocycles. The molecule has 4 rings (SSSR count). The van der Waals surface area contributed by atoms with Crippen molar-refractivity contribution in [1.29, 1.82) is 0 Å². The molecular formula is C23H29ClN2O2S. The molecule has 1 aliphatic carbocycles. The van der Waals surface area contributed by atoms with Crippen LogP contribution in [0.1, 0.15) is 60.6 Å². The predicted molar refractivity (Wildman–Crippen MR) is 119 cm³/mol. The lowest BCUT2D eigenvalue weighted by Crippen LogP contribution is -2.20. The lowest BCUT2D eigenvalue weighted by molar-refractivity contribution is -0.137.